The van der Waals surface area contributed by atoms with Gasteiger partial charge in [-0.2, -0.15) is 0 Å². The largest absolute Gasteiger partial charge is 0.395 e. The number of nitrogens with one attached hydrogen (secondary N) is 1. The van der Waals surface area contributed by atoms with Gasteiger partial charge in [-0.1, -0.05) is 25.1 Å². The summed E-state index contributed by atoms with van der Waals surface area (Å²) in [5.41, 5.74) is 1.72. The van der Waals surface area contributed by atoms with Gasteiger partial charge in [0.2, 0.25) is 0 Å². The molecule has 0 amide bonds. The first-order valence-corrected chi connectivity index (χ1v) is 6.59. The van der Waals surface area contributed by atoms with E-state index in [0.717, 1.165) is 16.5 Å². The van der Waals surface area contributed by atoms with Crippen molar-refractivity contribution in [1.29, 1.82) is 0 Å². The molecule has 0 fully saturated rings. The average molecular weight is 249 g/mol. The lowest BCUT2D eigenvalue weighted by atomic mass is 10.1. The molecule has 0 saturated heterocycles. The number of carbonyl (C=O) groups is 1. The molecule has 1 aromatic heterocycles. The van der Waals surface area contributed by atoms with Crippen molar-refractivity contribution in [2.45, 2.75) is 12.2 Å². The third-order valence-corrected chi connectivity index (χ3v) is 3.79. The van der Waals surface area contributed by atoms with Crippen molar-refractivity contribution in [1.82, 2.24) is 4.98 Å². The van der Waals surface area contributed by atoms with Crippen LogP contribution in [-0.4, -0.2) is 33.5 Å². The van der Waals surface area contributed by atoms with Crippen molar-refractivity contribution in [2.75, 3.05) is 12.4 Å². The Balaban J connectivity index is 2.14. The summed E-state index contributed by atoms with van der Waals surface area (Å²) >= 11 is 1.48. The summed E-state index contributed by atoms with van der Waals surface area (Å²) in [7, 11) is 0. The summed E-state index contributed by atoms with van der Waals surface area (Å²) in [4.78, 5) is 15.1. The van der Waals surface area contributed by atoms with Crippen molar-refractivity contribution in [3.8, 4) is 0 Å². The second kappa shape index (κ2) is 5.38. The predicted octanol–water partition coefficient (Wildman–Crippen LogP) is 2.46. The van der Waals surface area contributed by atoms with Crippen molar-refractivity contribution < 1.29 is 9.90 Å². The number of thioether (sulfide) groups is 1. The number of aliphatic hydroxyl groups is 1. The number of Topliss-reactive ketones (excluding diaryl/α,β-unsaturated/α-hetero) is 1. The Morgan fingerprint density at radius 3 is 3.00 bits per heavy atom. The van der Waals surface area contributed by atoms with Crippen LogP contribution in [0.15, 0.2) is 30.5 Å². The van der Waals surface area contributed by atoms with Gasteiger partial charge in [0.15, 0.2) is 5.78 Å². The Hall–Kier alpha value is -1.26. The van der Waals surface area contributed by atoms with Crippen LogP contribution in [0.1, 0.15) is 17.3 Å². The number of benzene rings is 1. The van der Waals surface area contributed by atoms with Gasteiger partial charge in [-0.3, -0.25) is 4.79 Å². The number of hydrogen-bond donors (Lipinski definition) is 2. The fourth-order valence-electron chi connectivity index (χ4n) is 1.65. The highest BCUT2D eigenvalue weighted by molar-refractivity contribution is 8.00. The molecule has 1 atom stereocenters. The minimum atomic E-state index is 0.101. The van der Waals surface area contributed by atoms with Crippen LogP contribution in [0.25, 0.3) is 10.9 Å². The number of ketones is 1. The summed E-state index contributed by atoms with van der Waals surface area (Å²) in [6.45, 7) is 2.01. The molecule has 0 bridgehead atoms. The molecule has 4 heteroatoms. The maximum atomic E-state index is 12.0. The first-order chi connectivity index (χ1) is 8.22. The molecule has 0 aliphatic heterocycles. The van der Waals surface area contributed by atoms with Gasteiger partial charge in [-0.15, -0.1) is 11.8 Å². The highest BCUT2D eigenvalue weighted by Crippen LogP contribution is 2.20. The predicted molar refractivity (Wildman–Crippen MR) is 71.6 cm³/mol. The molecule has 1 unspecified atom stereocenters. The van der Waals surface area contributed by atoms with Crippen LogP contribution < -0.4 is 0 Å². The lowest BCUT2D eigenvalue weighted by Crippen LogP contribution is -2.08. The van der Waals surface area contributed by atoms with E-state index in [2.05, 4.69) is 4.98 Å². The Labute approximate surface area is 104 Å². The fraction of sp³-hybridized carbons (Fsp3) is 0.308. The van der Waals surface area contributed by atoms with E-state index in [4.69, 9.17) is 5.11 Å². The monoisotopic (exact) mass is 249 g/mol. The highest BCUT2D eigenvalue weighted by atomic mass is 32.2. The van der Waals surface area contributed by atoms with Gasteiger partial charge in [0.1, 0.15) is 0 Å². The van der Waals surface area contributed by atoms with Crippen molar-refractivity contribution in [3.05, 3.63) is 36.0 Å². The normalized spacial score (nSPS) is 12.8. The van der Waals surface area contributed by atoms with Crippen molar-refractivity contribution in [2.24, 2.45) is 0 Å². The van der Waals surface area contributed by atoms with Crippen LogP contribution in [0.5, 0.6) is 0 Å². The van der Waals surface area contributed by atoms with E-state index < -0.39 is 0 Å². The summed E-state index contributed by atoms with van der Waals surface area (Å²) in [5, 5.41) is 9.98. The Kier molecular flexibility index (Phi) is 3.86. The SMILES string of the molecule is CC(CO)SCC(=O)c1c[nH]c2ccccc12. The van der Waals surface area contributed by atoms with E-state index >= 15 is 0 Å². The van der Waals surface area contributed by atoms with E-state index in [1.54, 1.807) is 6.20 Å². The third kappa shape index (κ3) is 2.70. The number of hydrogen-bond acceptors (Lipinski definition) is 3. The second-order valence-electron chi connectivity index (χ2n) is 3.98. The molecule has 0 aliphatic rings. The van der Waals surface area contributed by atoms with E-state index in [-0.39, 0.29) is 17.6 Å². The summed E-state index contributed by atoms with van der Waals surface area (Å²) in [6, 6.07) is 7.76. The lowest BCUT2D eigenvalue weighted by molar-refractivity contribution is 0.102. The number of rotatable bonds is 5. The second-order valence-corrected chi connectivity index (χ2v) is 5.40. The quantitative estimate of drug-likeness (QED) is 0.800. The lowest BCUT2D eigenvalue weighted by Gasteiger charge is -2.05. The van der Waals surface area contributed by atoms with Gasteiger partial charge < -0.3 is 10.1 Å². The Morgan fingerprint density at radius 2 is 2.24 bits per heavy atom. The molecule has 1 aromatic carbocycles. The minimum absolute atomic E-state index is 0.101. The molecule has 2 aromatic rings. The molecule has 90 valence electrons. The van der Waals surface area contributed by atoms with Gasteiger partial charge in [0, 0.05) is 27.9 Å². The fourth-order valence-corrected chi connectivity index (χ4v) is 2.35. The zero-order valence-corrected chi connectivity index (χ0v) is 10.5. The van der Waals surface area contributed by atoms with Crippen LogP contribution in [0.4, 0.5) is 0 Å². The molecule has 0 saturated carbocycles. The number of para-hydroxylation sites is 1. The Bertz CT molecular complexity index is 521. The third-order valence-electron chi connectivity index (χ3n) is 2.65. The van der Waals surface area contributed by atoms with E-state index in [1.165, 1.54) is 11.8 Å². The average Bonchev–Trinajstić information content (AvgIpc) is 2.79. The molecule has 0 aliphatic carbocycles. The van der Waals surface area contributed by atoms with Gasteiger partial charge >= 0.3 is 0 Å². The number of carbonyl (C=O) groups excluding carboxylic acids is 1. The molecule has 17 heavy (non-hydrogen) atoms. The van der Waals surface area contributed by atoms with Crippen LogP contribution in [0.2, 0.25) is 0 Å². The molecular weight excluding hydrogens is 234 g/mol. The number of aliphatic hydroxyl groups excluding tert-OH is 1. The van der Waals surface area contributed by atoms with E-state index in [1.807, 2.05) is 31.2 Å². The zero-order chi connectivity index (χ0) is 12.3. The molecule has 0 radical (unpaired) electrons. The molecule has 0 spiro atoms. The number of aromatic nitrogens is 1. The van der Waals surface area contributed by atoms with Gasteiger partial charge in [0.05, 0.1) is 12.4 Å². The minimum Gasteiger partial charge on any atom is -0.395 e. The van der Waals surface area contributed by atoms with E-state index in [9.17, 15) is 4.79 Å². The molecular formula is C13H15NO2S. The number of aromatic amines is 1. The first-order valence-electron chi connectivity index (χ1n) is 5.54. The van der Waals surface area contributed by atoms with Crippen LogP contribution in [0, 0.1) is 0 Å². The first kappa shape index (κ1) is 12.2. The highest BCUT2D eigenvalue weighted by Gasteiger charge is 2.12. The number of fused-ring (bicyclic) bond motifs is 1. The van der Waals surface area contributed by atoms with Crippen molar-refractivity contribution >= 4 is 28.4 Å². The maximum Gasteiger partial charge on any atom is 0.174 e. The summed E-state index contributed by atoms with van der Waals surface area (Å²) < 4.78 is 0. The van der Waals surface area contributed by atoms with Crippen molar-refractivity contribution in [3.63, 3.8) is 0 Å². The van der Waals surface area contributed by atoms with Gasteiger partial charge in [-0.25, -0.2) is 0 Å². The topological polar surface area (TPSA) is 53.1 Å². The molecule has 2 N–H and O–H groups in total. The van der Waals surface area contributed by atoms with E-state index in [0.29, 0.717) is 5.75 Å². The molecule has 3 nitrogen and oxygen atoms in total. The van der Waals surface area contributed by atoms with Gasteiger partial charge in [0.25, 0.3) is 0 Å². The molecule has 2 rings (SSSR count). The van der Waals surface area contributed by atoms with Crippen LogP contribution >= 0.6 is 11.8 Å². The zero-order valence-electron chi connectivity index (χ0n) is 9.64. The maximum absolute atomic E-state index is 12.0. The summed E-state index contributed by atoms with van der Waals surface area (Å²) in [5.74, 6) is 0.511. The summed E-state index contributed by atoms with van der Waals surface area (Å²) in [6.07, 6.45) is 1.76. The smallest absolute Gasteiger partial charge is 0.174 e. The van der Waals surface area contributed by atoms with Crippen LogP contribution in [0.3, 0.4) is 0 Å². The Morgan fingerprint density at radius 1 is 1.47 bits per heavy atom. The van der Waals surface area contributed by atoms with Crippen LogP contribution in [-0.2, 0) is 0 Å². The van der Waals surface area contributed by atoms with Gasteiger partial charge in [-0.05, 0) is 6.07 Å². The number of H-pyrrole nitrogens is 1. The standard InChI is InChI=1S/C13H15NO2S/c1-9(7-15)17-8-13(16)11-6-14-12-5-3-2-4-10(11)12/h2-6,9,14-15H,7-8H2,1H3. The molecule has 1 heterocycles.